The maximum Gasteiger partial charge on any atom is 1.00 e. The normalized spacial score (nSPS) is 11.0. The fraction of sp³-hybridized carbons (Fsp3) is 0.269. The summed E-state index contributed by atoms with van der Waals surface area (Å²) in [4.78, 5) is 17.3. The minimum absolute atomic E-state index is 0. The van der Waals surface area contributed by atoms with Gasteiger partial charge in [0.1, 0.15) is 5.82 Å². The molecule has 0 bridgehead atoms. The number of aryl methyl sites for hydroxylation is 1. The maximum atomic E-state index is 12.8. The number of rotatable bonds is 9. The predicted molar refractivity (Wildman–Crippen MR) is 137 cm³/mol. The van der Waals surface area contributed by atoms with Crippen LogP contribution in [0.5, 0.6) is 0 Å². The molecule has 0 amide bonds. The van der Waals surface area contributed by atoms with E-state index in [1.54, 1.807) is 6.92 Å². The van der Waals surface area contributed by atoms with E-state index in [1.807, 2.05) is 41.1 Å². The van der Waals surface area contributed by atoms with Crippen molar-refractivity contribution in [3.63, 3.8) is 0 Å². The number of benzene rings is 2. The van der Waals surface area contributed by atoms with E-state index in [4.69, 9.17) is 16.3 Å². The van der Waals surface area contributed by atoms with Crippen molar-refractivity contribution in [3.8, 4) is 17.1 Å². The quantitative estimate of drug-likeness (QED) is 0.226. The van der Waals surface area contributed by atoms with Crippen molar-refractivity contribution < 1.29 is 60.9 Å². The van der Waals surface area contributed by atoms with Gasteiger partial charge < -0.3 is 13.9 Å². The van der Waals surface area contributed by atoms with Gasteiger partial charge in [-0.25, -0.2) is 9.78 Å². The molecule has 5 aromatic rings. The van der Waals surface area contributed by atoms with Gasteiger partial charge in [0.25, 0.3) is 0 Å². The summed E-state index contributed by atoms with van der Waals surface area (Å²) in [6.45, 7) is 4.61. The van der Waals surface area contributed by atoms with Crippen molar-refractivity contribution >= 4 is 28.5 Å². The van der Waals surface area contributed by atoms with Gasteiger partial charge in [0.2, 0.25) is 5.82 Å². The van der Waals surface area contributed by atoms with Crippen LogP contribution in [0.15, 0.2) is 54.7 Å². The zero-order chi connectivity index (χ0) is 25.1. The fourth-order valence-corrected chi connectivity index (χ4v) is 4.73. The summed E-state index contributed by atoms with van der Waals surface area (Å²) in [5.74, 6) is 0.844. The number of H-pyrrole nitrogens is 1. The van der Waals surface area contributed by atoms with Crippen molar-refractivity contribution in [3.05, 3.63) is 77.0 Å². The van der Waals surface area contributed by atoms with Crippen LogP contribution in [0.4, 0.5) is 0 Å². The van der Waals surface area contributed by atoms with Crippen LogP contribution in [0.1, 0.15) is 48.6 Å². The molecule has 0 saturated heterocycles. The summed E-state index contributed by atoms with van der Waals surface area (Å²) in [5, 5.41) is 15.8. The van der Waals surface area contributed by atoms with Crippen LogP contribution in [0, 0.1) is 0 Å². The smallest absolute Gasteiger partial charge is 0.461 e. The Balaban J connectivity index is 0.00000320. The van der Waals surface area contributed by atoms with Crippen LogP contribution in [-0.2, 0) is 17.7 Å². The van der Waals surface area contributed by atoms with Crippen molar-refractivity contribution in [1.82, 2.24) is 34.7 Å². The Bertz CT molecular complexity index is 1510. The summed E-state index contributed by atoms with van der Waals surface area (Å²) >= 11 is 6.44. The van der Waals surface area contributed by atoms with Crippen molar-refractivity contribution in [2.45, 2.75) is 39.7 Å². The van der Waals surface area contributed by atoms with Crippen LogP contribution < -0.4 is 51.4 Å². The minimum atomic E-state index is -0.462. The molecule has 184 valence electrons. The number of nitrogens with zero attached hydrogens (tertiary/aromatic N) is 6. The number of nitrogens with one attached hydrogen (secondary N) is 1. The van der Waals surface area contributed by atoms with E-state index >= 15 is 0 Å². The molecule has 0 spiro atoms. The first-order valence-electron chi connectivity index (χ1n) is 12.0. The van der Waals surface area contributed by atoms with Crippen LogP contribution in [0.25, 0.3) is 28.0 Å². The number of carbonyl (C=O) groups is 1. The minimum Gasteiger partial charge on any atom is -0.461 e. The summed E-state index contributed by atoms with van der Waals surface area (Å²) < 4.78 is 9.30. The number of aromatic nitrogens is 7. The third-order valence-corrected chi connectivity index (χ3v) is 6.39. The first kappa shape index (κ1) is 27.7. The monoisotopic (exact) mass is 542 g/mol. The first-order chi connectivity index (χ1) is 17.6. The van der Waals surface area contributed by atoms with E-state index in [2.05, 4.69) is 55.3 Å². The molecule has 0 radical (unpaired) electrons. The number of tetrazole rings is 1. The topological polar surface area (TPSA) is 104 Å². The molecule has 9 nitrogen and oxygen atoms in total. The molecule has 0 fully saturated rings. The summed E-state index contributed by atoms with van der Waals surface area (Å²) in [6, 6.07) is 16.1. The summed E-state index contributed by atoms with van der Waals surface area (Å²) in [7, 11) is 0. The van der Waals surface area contributed by atoms with Crippen molar-refractivity contribution in [2.75, 3.05) is 6.61 Å². The number of fused-ring (bicyclic) bond motifs is 1. The molecule has 3 aromatic heterocycles. The SMILES string of the molecule is CCCCc1nc(Cl)c(C(=O)OCC)n1Cc1cccc2c1ccn2-c1ccccc1-c1nn[nH]n1.[K+]. The van der Waals surface area contributed by atoms with E-state index in [0.717, 1.165) is 52.8 Å². The zero-order valence-corrected chi connectivity index (χ0v) is 25.0. The molecule has 0 unspecified atom stereocenters. The number of hydrogen-bond donors (Lipinski definition) is 1. The van der Waals surface area contributed by atoms with Gasteiger partial charge in [0.05, 0.1) is 24.4 Å². The number of esters is 1. The molecule has 5 rings (SSSR count). The zero-order valence-electron chi connectivity index (χ0n) is 21.1. The number of ether oxygens (including phenoxy) is 1. The Kier molecular flexibility index (Phi) is 9.33. The van der Waals surface area contributed by atoms with Gasteiger partial charge in [-0.2, -0.15) is 5.21 Å². The number of unbranched alkanes of at least 4 members (excludes halogenated alkanes) is 1. The third kappa shape index (κ3) is 5.59. The van der Waals surface area contributed by atoms with Gasteiger partial charge in [-0.05, 0) is 48.4 Å². The van der Waals surface area contributed by atoms with E-state index in [0.29, 0.717) is 18.1 Å². The number of aromatic amines is 1. The van der Waals surface area contributed by atoms with Gasteiger partial charge in [-0.1, -0.05) is 49.2 Å². The second kappa shape index (κ2) is 12.5. The molecule has 2 aromatic carbocycles. The van der Waals surface area contributed by atoms with E-state index in [1.165, 1.54) is 0 Å². The molecule has 37 heavy (non-hydrogen) atoms. The molecule has 0 atom stereocenters. The Morgan fingerprint density at radius 2 is 1.95 bits per heavy atom. The first-order valence-corrected chi connectivity index (χ1v) is 12.3. The summed E-state index contributed by atoms with van der Waals surface area (Å²) in [5.41, 5.74) is 4.15. The predicted octanol–water partition coefficient (Wildman–Crippen LogP) is 2.23. The van der Waals surface area contributed by atoms with Crippen LogP contribution in [-0.4, -0.2) is 47.3 Å². The molecular formula is C26H26ClKN7O2+. The van der Waals surface area contributed by atoms with Gasteiger partial charge in [-0.3, -0.25) is 0 Å². The number of hydrogen-bond acceptors (Lipinski definition) is 6. The molecule has 0 saturated carbocycles. The van der Waals surface area contributed by atoms with Gasteiger partial charge in [-0.15, -0.1) is 10.2 Å². The number of carbonyl (C=O) groups excluding carboxylic acids is 1. The molecule has 1 N–H and O–H groups in total. The Hall–Kier alpha value is -2.34. The fourth-order valence-electron chi connectivity index (χ4n) is 4.46. The number of imidazole rings is 1. The average Bonchev–Trinajstić information content (AvgIpc) is 3.63. The second-order valence-electron chi connectivity index (χ2n) is 8.37. The van der Waals surface area contributed by atoms with Gasteiger partial charge >= 0.3 is 57.4 Å². The molecule has 0 aliphatic rings. The Morgan fingerprint density at radius 3 is 2.70 bits per heavy atom. The molecule has 0 aliphatic carbocycles. The molecule has 0 aliphatic heterocycles. The van der Waals surface area contributed by atoms with E-state index < -0.39 is 5.97 Å². The van der Waals surface area contributed by atoms with E-state index in [9.17, 15) is 4.79 Å². The van der Waals surface area contributed by atoms with Gasteiger partial charge in [0.15, 0.2) is 10.8 Å². The van der Waals surface area contributed by atoms with E-state index in [-0.39, 0.29) is 63.1 Å². The number of para-hydroxylation sites is 1. The maximum absolute atomic E-state index is 12.8. The second-order valence-corrected chi connectivity index (χ2v) is 8.72. The van der Waals surface area contributed by atoms with Crippen LogP contribution >= 0.6 is 11.6 Å². The van der Waals surface area contributed by atoms with Crippen LogP contribution in [0.3, 0.4) is 0 Å². The summed E-state index contributed by atoms with van der Waals surface area (Å²) in [6.07, 6.45) is 4.71. The third-order valence-electron chi connectivity index (χ3n) is 6.13. The Labute approximate surface area is 262 Å². The number of halogens is 1. The molecular weight excluding hydrogens is 517 g/mol. The average molecular weight is 543 g/mol. The molecule has 11 heteroatoms. The van der Waals surface area contributed by atoms with Crippen LogP contribution in [0.2, 0.25) is 5.15 Å². The molecule has 3 heterocycles. The standard InChI is InChI=1S/C26H26ClN7O2.K/c1-3-5-13-22-28-24(27)23(26(35)36-4-2)34(22)16-17-9-8-12-20-18(17)14-15-33(20)21-11-7-6-10-19(21)25-29-31-32-30-25;/h6-12,14-15H,3-5,13,16H2,1-2H3,(H,29,30,31,32);/q;+1. The van der Waals surface area contributed by atoms with Gasteiger partial charge in [0, 0.05) is 23.6 Å². The Morgan fingerprint density at radius 1 is 1.11 bits per heavy atom. The largest absolute Gasteiger partial charge is 1.00 e. The van der Waals surface area contributed by atoms with Crippen molar-refractivity contribution in [1.29, 1.82) is 0 Å². The van der Waals surface area contributed by atoms with Crippen molar-refractivity contribution in [2.24, 2.45) is 0 Å².